The van der Waals surface area contributed by atoms with Gasteiger partial charge in [0.05, 0.1) is 0 Å². The first-order chi connectivity index (χ1) is 10.1. The van der Waals surface area contributed by atoms with Crippen molar-refractivity contribution in [3.05, 3.63) is 71.5 Å². The summed E-state index contributed by atoms with van der Waals surface area (Å²) in [6.45, 7) is 4.35. The monoisotopic (exact) mass is 278 g/mol. The number of benzene rings is 2. The molecule has 2 heteroatoms. The maximum absolute atomic E-state index is 12.6. The summed E-state index contributed by atoms with van der Waals surface area (Å²) in [6, 6.07) is 17.3. The molecule has 0 aliphatic heterocycles. The van der Waals surface area contributed by atoms with Crippen LogP contribution in [0.5, 0.6) is 0 Å². The fourth-order valence-electron chi connectivity index (χ4n) is 2.55. The van der Waals surface area contributed by atoms with Gasteiger partial charge in [-0.1, -0.05) is 50.2 Å². The van der Waals surface area contributed by atoms with E-state index in [1.807, 2.05) is 48.5 Å². The summed E-state index contributed by atoms with van der Waals surface area (Å²) in [7, 11) is 0. The van der Waals surface area contributed by atoms with Gasteiger partial charge in [-0.3, -0.25) is 4.79 Å². The summed E-state index contributed by atoms with van der Waals surface area (Å²) < 4.78 is 5.66. The second-order valence-electron chi connectivity index (χ2n) is 5.78. The highest BCUT2D eigenvalue weighted by atomic mass is 16.3. The SMILES string of the molecule is CC(C)Cc1cccc(C(=O)c2cc3ccccc3o2)c1. The van der Waals surface area contributed by atoms with E-state index in [1.54, 1.807) is 0 Å². The van der Waals surface area contributed by atoms with E-state index in [0.717, 1.165) is 17.4 Å². The fraction of sp³-hybridized carbons (Fsp3) is 0.211. The average Bonchev–Trinajstić information content (AvgIpc) is 2.90. The van der Waals surface area contributed by atoms with Crippen LogP contribution >= 0.6 is 0 Å². The molecule has 106 valence electrons. The molecule has 0 N–H and O–H groups in total. The molecule has 0 amide bonds. The standard InChI is InChI=1S/C19H18O2/c1-13(2)10-14-6-5-8-16(11-14)19(20)18-12-15-7-3-4-9-17(15)21-18/h3-9,11-13H,10H2,1-2H3. The summed E-state index contributed by atoms with van der Waals surface area (Å²) in [5, 5.41) is 0.958. The Morgan fingerprint density at radius 2 is 1.86 bits per heavy atom. The van der Waals surface area contributed by atoms with E-state index in [1.165, 1.54) is 5.56 Å². The molecule has 21 heavy (non-hydrogen) atoms. The van der Waals surface area contributed by atoms with Gasteiger partial charge < -0.3 is 4.42 Å². The van der Waals surface area contributed by atoms with Gasteiger partial charge in [0.15, 0.2) is 5.76 Å². The van der Waals surface area contributed by atoms with E-state index >= 15 is 0 Å². The van der Waals surface area contributed by atoms with E-state index < -0.39 is 0 Å². The van der Waals surface area contributed by atoms with Crippen LogP contribution in [0.4, 0.5) is 0 Å². The number of furan rings is 1. The Kier molecular flexibility index (Phi) is 3.61. The van der Waals surface area contributed by atoms with Crippen molar-refractivity contribution in [1.82, 2.24) is 0 Å². The van der Waals surface area contributed by atoms with Gasteiger partial charge in [-0.05, 0) is 36.1 Å². The van der Waals surface area contributed by atoms with Crippen LogP contribution in [0.1, 0.15) is 35.5 Å². The number of carbonyl (C=O) groups excluding carboxylic acids is 1. The molecular weight excluding hydrogens is 260 g/mol. The van der Waals surface area contributed by atoms with Crippen molar-refractivity contribution in [2.24, 2.45) is 5.92 Å². The lowest BCUT2D eigenvalue weighted by Gasteiger charge is -2.06. The largest absolute Gasteiger partial charge is 0.453 e. The number of rotatable bonds is 4. The summed E-state index contributed by atoms with van der Waals surface area (Å²) in [5.41, 5.74) is 2.62. The highest BCUT2D eigenvalue weighted by molar-refractivity contribution is 6.09. The number of ketones is 1. The normalized spacial score (nSPS) is 11.2. The van der Waals surface area contributed by atoms with Crippen LogP contribution in [0, 0.1) is 5.92 Å². The Hall–Kier alpha value is -2.35. The minimum absolute atomic E-state index is 0.0585. The second kappa shape index (κ2) is 5.57. The van der Waals surface area contributed by atoms with Crippen molar-refractivity contribution in [3.63, 3.8) is 0 Å². The first-order valence-electron chi connectivity index (χ1n) is 7.25. The molecule has 1 heterocycles. The molecule has 0 radical (unpaired) electrons. The van der Waals surface area contributed by atoms with Gasteiger partial charge in [0.25, 0.3) is 0 Å². The highest BCUT2D eigenvalue weighted by Gasteiger charge is 2.15. The maximum Gasteiger partial charge on any atom is 0.228 e. The molecule has 1 aromatic heterocycles. The molecule has 3 rings (SSSR count). The topological polar surface area (TPSA) is 30.2 Å². The summed E-state index contributed by atoms with van der Waals surface area (Å²) in [5.74, 6) is 0.913. The van der Waals surface area contributed by atoms with Gasteiger partial charge in [0.2, 0.25) is 5.78 Å². The third-order valence-corrected chi connectivity index (χ3v) is 3.48. The van der Waals surface area contributed by atoms with Crippen LogP contribution in [0.3, 0.4) is 0 Å². The molecule has 0 aliphatic rings. The second-order valence-corrected chi connectivity index (χ2v) is 5.78. The van der Waals surface area contributed by atoms with Crippen LogP contribution < -0.4 is 0 Å². The van der Waals surface area contributed by atoms with Crippen molar-refractivity contribution in [2.45, 2.75) is 20.3 Å². The van der Waals surface area contributed by atoms with Crippen molar-refractivity contribution in [2.75, 3.05) is 0 Å². The predicted octanol–water partition coefficient (Wildman–Crippen LogP) is 4.86. The smallest absolute Gasteiger partial charge is 0.228 e. The van der Waals surface area contributed by atoms with Gasteiger partial charge in [-0.2, -0.15) is 0 Å². The highest BCUT2D eigenvalue weighted by Crippen LogP contribution is 2.22. The minimum Gasteiger partial charge on any atom is -0.453 e. The molecular formula is C19H18O2. The minimum atomic E-state index is -0.0585. The zero-order valence-electron chi connectivity index (χ0n) is 12.3. The summed E-state index contributed by atoms with van der Waals surface area (Å²) >= 11 is 0. The van der Waals surface area contributed by atoms with Crippen molar-refractivity contribution < 1.29 is 9.21 Å². The molecule has 0 saturated heterocycles. The molecule has 0 fully saturated rings. The van der Waals surface area contributed by atoms with Crippen molar-refractivity contribution in [1.29, 1.82) is 0 Å². The van der Waals surface area contributed by atoms with Crippen LogP contribution in [0.25, 0.3) is 11.0 Å². The lowest BCUT2D eigenvalue weighted by molar-refractivity contribution is 0.101. The van der Waals surface area contributed by atoms with Crippen LogP contribution in [0.2, 0.25) is 0 Å². The lowest BCUT2D eigenvalue weighted by atomic mass is 9.99. The molecule has 0 atom stereocenters. The third-order valence-electron chi connectivity index (χ3n) is 3.48. The van der Waals surface area contributed by atoms with Crippen molar-refractivity contribution >= 4 is 16.8 Å². The first kappa shape index (κ1) is 13.6. The number of para-hydroxylation sites is 1. The molecule has 0 bridgehead atoms. The maximum atomic E-state index is 12.6. The quantitative estimate of drug-likeness (QED) is 0.638. The van der Waals surface area contributed by atoms with Gasteiger partial charge in [-0.25, -0.2) is 0 Å². The van der Waals surface area contributed by atoms with Crippen LogP contribution in [-0.4, -0.2) is 5.78 Å². The third kappa shape index (κ3) is 2.89. The molecule has 0 aliphatic carbocycles. The fourth-order valence-corrected chi connectivity index (χ4v) is 2.55. The zero-order chi connectivity index (χ0) is 14.8. The molecule has 0 spiro atoms. The summed E-state index contributed by atoms with van der Waals surface area (Å²) in [6.07, 6.45) is 0.973. The molecule has 3 aromatic rings. The van der Waals surface area contributed by atoms with Crippen molar-refractivity contribution in [3.8, 4) is 0 Å². The lowest BCUT2D eigenvalue weighted by Crippen LogP contribution is -2.01. The first-order valence-corrected chi connectivity index (χ1v) is 7.25. The number of carbonyl (C=O) groups is 1. The van der Waals surface area contributed by atoms with E-state index in [0.29, 0.717) is 17.2 Å². The van der Waals surface area contributed by atoms with Gasteiger partial charge in [0.1, 0.15) is 5.58 Å². The Labute approximate surface area is 124 Å². The molecule has 0 unspecified atom stereocenters. The van der Waals surface area contributed by atoms with E-state index in [2.05, 4.69) is 19.9 Å². The Bertz CT molecular complexity index is 748. The van der Waals surface area contributed by atoms with E-state index in [-0.39, 0.29) is 5.78 Å². The predicted molar refractivity (Wildman–Crippen MR) is 84.6 cm³/mol. The number of hydrogen-bond donors (Lipinski definition) is 0. The van der Waals surface area contributed by atoms with Crippen LogP contribution in [-0.2, 0) is 6.42 Å². The molecule has 2 aromatic carbocycles. The molecule has 2 nitrogen and oxygen atoms in total. The van der Waals surface area contributed by atoms with Gasteiger partial charge in [-0.15, -0.1) is 0 Å². The Morgan fingerprint density at radius 3 is 2.62 bits per heavy atom. The Morgan fingerprint density at radius 1 is 1.05 bits per heavy atom. The molecule has 0 saturated carbocycles. The van der Waals surface area contributed by atoms with Gasteiger partial charge >= 0.3 is 0 Å². The summed E-state index contributed by atoms with van der Waals surface area (Å²) in [4.78, 5) is 12.6. The number of hydrogen-bond acceptors (Lipinski definition) is 2. The van der Waals surface area contributed by atoms with E-state index in [9.17, 15) is 4.79 Å². The Balaban J connectivity index is 1.94. The average molecular weight is 278 g/mol. The van der Waals surface area contributed by atoms with Gasteiger partial charge in [0, 0.05) is 10.9 Å². The van der Waals surface area contributed by atoms with Crippen LogP contribution in [0.15, 0.2) is 59.0 Å². The number of fused-ring (bicyclic) bond motifs is 1. The zero-order valence-corrected chi connectivity index (χ0v) is 12.3. The van der Waals surface area contributed by atoms with E-state index in [4.69, 9.17) is 4.42 Å².